The molecule has 2 aromatic rings. The summed E-state index contributed by atoms with van der Waals surface area (Å²) in [7, 11) is 1.55. The van der Waals surface area contributed by atoms with Crippen molar-refractivity contribution in [2.24, 2.45) is 0 Å². The van der Waals surface area contributed by atoms with Gasteiger partial charge in [-0.15, -0.1) is 0 Å². The number of fused-ring (bicyclic) bond motifs is 1. The van der Waals surface area contributed by atoms with Crippen molar-refractivity contribution in [3.63, 3.8) is 0 Å². The van der Waals surface area contributed by atoms with Crippen molar-refractivity contribution in [1.29, 1.82) is 0 Å². The summed E-state index contributed by atoms with van der Waals surface area (Å²) in [4.78, 5) is 22.9. The van der Waals surface area contributed by atoms with Gasteiger partial charge < -0.3 is 18.9 Å². The molecule has 0 radical (unpaired) electrons. The Labute approximate surface area is 143 Å². The summed E-state index contributed by atoms with van der Waals surface area (Å²) in [5.41, 5.74) is 0.168. The van der Waals surface area contributed by atoms with Crippen LogP contribution in [0.1, 0.15) is 15.9 Å². The highest BCUT2D eigenvalue weighted by Gasteiger charge is 2.27. The van der Waals surface area contributed by atoms with Crippen LogP contribution in [0.5, 0.6) is 17.2 Å². The molecule has 0 saturated heterocycles. The van der Waals surface area contributed by atoms with E-state index in [0.29, 0.717) is 19.0 Å². The average Bonchev–Trinajstić information content (AvgIpc) is 2.65. The van der Waals surface area contributed by atoms with Gasteiger partial charge in [-0.05, 0) is 17.7 Å². The van der Waals surface area contributed by atoms with E-state index in [1.54, 1.807) is 31.4 Å². The smallest absolute Gasteiger partial charge is 0.345 e. The van der Waals surface area contributed by atoms with Gasteiger partial charge in [0.25, 0.3) is 5.69 Å². The number of hydrogen-bond acceptors (Lipinski definition) is 7. The first-order valence-electron chi connectivity index (χ1n) is 7.46. The third-order valence-corrected chi connectivity index (χ3v) is 3.61. The molecule has 0 bridgehead atoms. The molecule has 1 heterocycles. The molecule has 0 spiro atoms. The van der Waals surface area contributed by atoms with Gasteiger partial charge in [-0.3, -0.25) is 10.1 Å². The van der Waals surface area contributed by atoms with Gasteiger partial charge >= 0.3 is 5.97 Å². The minimum absolute atomic E-state index is 0.0194. The fourth-order valence-electron chi connectivity index (χ4n) is 2.34. The van der Waals surface area contributed by atoms with Crippen molar-refractivity contribution < 1.29 is 28.7 Å². The Balaban J connectivity index is 1.79. The summed E-state index contributed by atoms with van der Waals surface area (Å²) in [6.45, 7) is 0.588. The highest BCUT2D eigenvalue weighted by atomic mass is 16.6. The number of carbonyl (C=O) groups is 1. The number of methoxy groups -OCH3 is 1. The molecular weight excluding hydrogens is 330 g/mol. The monoisotopic (exact) mass is 345 g/mol. The number of nitro groups is 1. The van der Waals surface area contributed by atoms with Crippen LogP contribution in [0.4, 0.5) is 5.69 Å². The highest BCUT2D eigenvalue weighted by molar-refractivity contribution is 5.95. The highest BCUT2D eigenvalue weighted by Crippen LogP contribution is 2.36. The van der Waals surface area contributed by atoms with E-state index in [1.807, 2.05) is 0 Å². The fourth-order valence-corrected chi connectivity index (χ4v) is 2.34. The summed E-state index contributed by atoms with van der Waals surface area (Å²) in [6.07, 6.45) is 0. The van der Waals surface area contributed by atoms with Gasteiger partial charge in [-0.25, -0.2) is 4.79 Å². The maximum absolute atomic E-state index is 12.3. The molecule has 2 aromatic carbocycles. The molecule has 0 aromatic heterocycles. The van der Waals surface area contributed by atoms with Crippen molar-refractivity contribution in [2.45, 2.75) is 6.61 Å². The molecule has 0 amide bonds. The molecule has 0 saturated carbocycles. The Kier molecular flexibility index (Phi) is 4.69. The maximum atomic E-state index is 12.3. The first-order valence-corrected chi connectivity index (χ1v) is 7.46. The molecule has 0 unspecified atom stereocenters. The fraction of sp³-hybridized carbons (Fsp3) is 0.235. The number of rotatable bonds is 5. The molecule has 8 nitrogen and oxygen atoms in total. The van der Waals surface area contributed by atoms with Crippen LogP contribution in [0.3, 0.4) is 0 Å². The van der Waals surface area contributed by atoms with Crippen molar-refractivity contribution in [3.05, 3.63) is 57.6 Å². The van der Waals surface area contributed by atoms with Gasteiger partial charge in [0.05, 0.1) is 18.1 Å². The zero-order valence-electron chi connectivity index (χ0n) is 13.4. The second kappa shape index (κ2) is 7.08. The second-order valence-corrected chi connectivity index (χ2v) is 5.19. The predicted octanol–water partition coefficient (Wildman–Crippen LogP) is 2.73. The summed E-state index contributed by atoms with van der Waals surface area (Å²) in [6, 6.07) is 9.40. The number of carbonyl (C=O) groups excluding carboxylic acids is 1. The number of benzene rings is 2. The van der Waals surface area contributed by atoms with Gasteiger partial charge in [-0.1, -0.05) is 12.1 Å². The average molecular weight is 345 g/mol. The van der Waals surface area contributed by atoms with Gasteiger partial charge in [0.15, 0.2) is 11.5 Å². The van der Waals surface area contributed by atoms with Crippen LogP contribution >= 0.6 is 0 Å². The van der Waals surface area contributed by atoms with Crippen LogP contribution in [-0.4, -0.2) is 31.2 Å². The Hall–Kier alpha value is -3.29. The molecule has 0 fully saturated rings. The lowest BCUT2D eigenvalue weighted by Gasteiger charge is -2.18. The van der Waals surface area contributed by atoms with Gasteiger partial charge in [0.1, 0.15) is 31.1 Å². The molecule has 1 aliphatic heterocycles. The molecule has 0 aliphatic carbocycles. The van der Waals surface area contributed by atoms with Gasteiger partial charge in [-0.2, -0.15) is 0 Å². The van der Waals surface area contributed by atoms with E-state index in [0.717, 1.165) is 5.56 Å². The molecule has 0 atom stereocenters. The molecule has 8 heteroatoms. The summed E-state index contributed by atoms with van der Waals surface area (Å²) in [5, 5.41) is 11.2. The topological polar surface area (TPSA) is 97.1 Å². The molecule has 130 valence electrons. The molecule has 0 N–H and O–H groups in total. The van der Waals surface area contributed by atoms with Gasteiger partial charge in [0, 0.05) is 6.07 Å². The van der Waals surface area contributed by atoms with E-state index in [4.69, 9.17) is 18.9 Å². The summed E-state index contributed by atoms with van der Waals surface area (Å²) < 4.78 is 20.9. The van der Waals surface area contributed by atoms with E-state index in [9.17, 15) is 14.9 Å². The largest absolute Gasteiger partial charge is 0.497 e. The van der Waals surface area contributed by atoms with Crippen molar-refractivity contribution >= 4 is 11.7 Å². The minimum atomic E-state index is -0.806. The van der Waals surface area contributed by atoms with Crippen molar-refractivity contribution in [1.82, 2.24) is 0 Å². The molecule has 3 rings (SSSR count). The quantitative estimate of drug-likeness (QED) is 0.467. The second-order valence-electron chi connectivity index (χ2n) is 5.19. The molecule has 25 heavy (non-hydrogen) atoms. The Morgan fingerprint density at radius 1 is 1.16 bits per heavy atom. The Morgan fingerprint density at radius 3 is 2.40 bits per heavy atom. The third kappa shape index (κ3) is 3.63. The lowest BCUT2D eigenvalue weighted by Crippen LogP contribution is -2.17. The zero-order valence-corrected chi connectivity index (χ0v) is 13.4. The Morgan fingerprint density at radius 2 is 1.80 bits per heavy atom. The normalized spacial score (nSPS) is 12.4. The first-order chi connectivity index (χ1) is 12.1. The lowest BCUT2D eigenvalue weighted by molar-refractivity contribution is -0.385. The SMILES string of the molecule is COc1ccc(COC(=O)c2cc3c(cc2[N+](=O)[O-])OCCO3)cc1. The van der Waals surface area contributed by atoms with E-state index >= 15 is 0 Å². The van der Waals surface area contributed by atoms with Crippen LogP contribution in [0.15, 0.2) is 36.4 Å². The van der Waals surface area contributed by atoms with Crippen LogP contribution in [0, 0.1) is 10.1 Å². The number of esters is 1. The van der Waals surface area contributed by atoms with Crippen LogP contribution < -0.4 is 14.2 Å². The number of nitro benzene ring substituents is 1. The van der Waals surface area contributed by atoms with Crippen molar-refractivity contribution in [3.8, 4) is 17.2 Å². The Bertz CT molecular complexity index is 801. The first kappa shape index (κ1) is 16.6. The molecular formula is C17H15NO7. The summed E-state index contributed by atoms with van der Waals surface area (Å²) in [5.74, 6) is 0.398. The van der Waals surface area contributed by atoms with E-state index < -0.39 is 10.9 Å². The summed E-state index contributed by atoms with van der Waals surface area (Å²) >= 11 is 0. The van der Waals surface area contributed by atoms with Crippen LogP contribution in [-0.2, 0) is 11.3 Å². The number of nitrogens with zero attached hydrogens (tertiary/aromatic N) is 1. The van der Waals surface area contributed by atoms with E-state index in [1.165, 1.54) is 12.1 Å². The predicted molar refractivity (Wildman–Crippen MR) is 86.2 cm³/mol. The standard InChI is InChI=1S/C17H15NO7/c1-22-12-4-2-11(3-5-12)10-25-17(19)13-8-15-16(24-7-6-23-15)9-14(13)18(20)21/h2-5,8-9H,6-7,10H2,1H3. The molecule has 1 aliphatic rings. The van der Waals surface area contributed by atoms with Crippen LogP contribution in [0.25, 0.3) is 0 Å². The third-order valence-electron chi connectivity index (χ3n) is 3.61. The van der Waals surface area contributed by atoms with Crippen LogP contribution in [0.2, 0.25) is 0 Å². The maximum Gasteiger partial charge on any atom is 0.345 e. The zero-order chi connectivity index (χ0) is 17.8. The van der Waals surface area contributed by atoms with Crippen molar-refractivity contribution in [2.75, 3.05) is 20.3 Å². The lowest BCUT2D eigenvalue weighted by atomic mass is 10.1. The van der Waals surface area contributed by atoms with E-state index in [2.05, 4.69) is 0 Å². The number of ether oxygens (including phenoxy) is 4. The van der Waals surface area contributed by atoms with Gasteiger partial charge in [0.2, 0.25) is 0 Å². The number of hydrogen-bond donors (Lipinski definition) is 0. The van der Waals surface area contributed by atoms with E-state index in [-0.39, 0.29) is 29.4 Å². The minimum Gasteiger partial charge on any atom is -0.497 e.